The highest BCUT2D eigenvalue weighted by molar-refractivity contribution is 6.30. The van der Waals surface area contributed by atoms with Gasteiger partial charge in [-0.1, -0.05) is 36.4 Å². The van der Waals surface area contributed by atoms with E-state index in [1.807, 2.05) is 45.0 Å². The topological polar surface area (TPSA) is 12.9 Å². The van der Waals surface area contributed by atoms with Crippen LogP contribution in [-0.4, -0.2) is 4.98 Å². The Kier molecular flexibility index (Phi) is 8.57. The lowest BCUT2D eigenvalue weighted by Gasteiger charge is -2.08. The van der Waals surface area contributed by atoms with Crippen molar-refractivity contribution < 1.29 is 8.78 Å². The van der Waals surface area contributed by atoms with Crippen LogP contribution < -0.4 is 0 Å². The summed E-state index contributed by atoms with van der Waals surface area (Å²) < 4.78 is 26.6. The van der Waals surface area contributed by atoms with Gasteiger partial charge in [0.25, 0.3) is 0 Å². The molecule has 1 aromatic heterocycles. The van der Waals surface area contributed by atoms with E-state index in [4.69, 9.17) is 11.6 Å². The van der Waals surface area contributed by atoms with Crippen molar-refractivity contribution in [1.29, 1.82) is 0 Å². The van der Waals surface area contributed by atoms with Crippen molar-refractivity contribution in [3.8, 4) is 0 Å². The minimum absolute atomic E-state index is 0.176. The fourth-order valence-electron chi connectivity index (χ4n) is 3.98. The van der Waals surface area contributed by atoms with Crippen molar-refractivity contribution in [2.75, 3.05) is 0 Å². The molecular formula is C29H30ClF2N. The first-order valence-electron chi connectivity index (χ1n) is 11.3. The van der Waals surface area contributed by atoms with E-state index in [9.17, 15) is 8.78 Å². The molecule has 1 nitrogen and oxygen atoms in total. The Bertz CT molecular complexity index is 1180. The third kappa shape index (κ3) is 6.85. The van der Waals surface area contributed by atoms with E-state index < -0.39 is 0 Å². The van der Waals surface area contributed by atoms with Crippen LogP contribution in [0.5, 0.6) is 0 Å². The van der Waals surface area contributed by atoms with Gasteiger partial charge < -0.3 is 0 Å². The fourth-order valence-corrected chi connectivity index (χ4v) is 4.19. The van der Waals surface area contributed by atoms with Crippen LogP contribution in [0.2, 0.25) is 5.02 Å². The van der Waals surface area contributed by atoms with E-state index in [1.54, 1.807) is 18.3 Å². The largest absolute Gasteiger partial charge is 0.259 e. The Morgan fingerprint density at radius 3 is 2.48 bits per heavy atom. The summed E-state index contributed by atoms with van der Waals surface area (Å²) in [6.07, 6.45) is 8.97. The third-order valence-corrected chi connectivity index (χ3v) is 6.14. The van der Waals surface area contributed by atoms with Crippen LogP contribution in [0.4, 0.5) is 8.78 Å². The maximum absolute atomic E-state index is 13.4. The standard InChI is InChI=1S/C15H15ClFN.C14H15F/c1-10-3-5-14(17)8-12(10)4-6-15-11(2)7-13(16)9-18-15;1-10(2)13-9-12(7-8-14(13)15)11-5-3-4-6-11/h3,5,7-9H,4,6H2,1-2H3;5,7-9H,1,3-4,6H2,2H3. The molecule has 0 spiro atoms. The molecule has 2 aromatic carbocycles. The van der Waals surface area contributed by atoms with Gasteiger partial charge in [0.05, 0.1) is 5.02 Å². The minimum Gasteiger partial charge on any atom is -0.259 e. The number of hydrogen-bond acceptors (Lipinski definition) is 1. The number of nitrogens with zero attached hydrogens (tertiary/aromatic N) is 1. The zero-order chi connectivity index (χ0) is 24.0. The summed E-state index contributed by atoms with van der Waals surface area (Å²) in [5.74, 6) is -0.360. The molecule has 0 saturated carbocycles. The van der Waals surface area contributed by atoms with Gasteiger partial charge in [0.15, 0.2) is 0 Å². The summed E-state index contributed by atoms with van der Waals surface area (Å²) in [6.45, 7) is 9.62. The lowest BCUT2D eigenvalue weighted by Crippen LogP contribution is -1.99. The van der Waals surface area contributed by atoms with Crippen LogP contribution >= 0.6 is 11.6 Å². The minimum atomic E-state index is -0.184. The summed E-state index contributed by atoms with van der Waals surface area (Å²) in [4.78, 5) is 4.32. The molecule has 4 rings (SSSR count). The number of aromatic nitrogens is 1. The lowest BCUT2D eigenvalue weighted by atomic mass is 9.99. The molecule has 1 aliphatic carbocycles. The van der Waals surface area contributed by atoms with Gasteiger partial charge in [0, 0.05) is 17.5 Å². The van der Waals surface area contributed by atoms with Gasteiger partial charge in [-0.2, -0.15) is 0 Å². The molecule has 0 aliphatic heterocycles. The van der Waals surface area contributed by atoms with Gasteiger partial charge in [0.1, 0.15) is 11.6 Å². The first-order chi connectivity index (χ1) is 15.7. The predicted octanol–water partition coefficient (Wildman–Crippen LogP) is 8.70. The van der Waals surface area contributed by atoms with Gasteiger partial charge in [-0.05, 0) is 117 Å². The summed E-state index contributed by atoms with van der Waals surface area (Å²) >= 11 is 5.87. The Hall–Kier alpha value is -2.78. The van der Waals surface area contributed by atoms with Crippen LogP contribution in [0.15, 0.2) is 61.3 Å². The molecule has 0 amide bonds. The molecule has 0 unspecified atom stereocenters. The predicted molar refractivity (Wildman–Crippen MR) is 135 cm³/mol. The maximum Gasteiger partial charge on any atom is 0.130 e. The second-order valence-corrected chi connectivity index (χ2v) is 9.02. The van der Waals surface area contributed by atoms with Crippen LogP contribution in [0, 0.1) is 25.5 Å². The molecule has 3 aromatic rings. The van der Waals surface area contributed by atoms with Gasteiger partial charge in [-0.25, -0.2) is 8.78 Å². The zero-order valence-corrected chi connectivity index (χ0v) is 20.3. The number of halogens is 3. The first kappa shape index (κ1) is 24.9. The second-order valence-electron chi connectivity index (χ2n) is 8.58. The van der Waals surface area contributed by atoms with E-state index in [0.717, 1.165) is 59.2 Å². The van der Waals surface area contributed by atoms with Gasteiger partial charge >= 0.3 is 0 Å². The summed E-state index contributed by atoms with van der Waals surface area (Å²) in [6, 6.07) is 12.1. The highest BCUT2D eigenvalue weighted by Crippen LogP contribution is 2.30. The van der Waals surface area contributed by atoms with E-state index in [2.05, 4.69) is 17.6 Å². The van der Waals surface area contributed by atoms with Crippen molar-refractivity contribution in [3.05, 3.63) is 111 Å². The SMILES string of the molecule is C=C(C)c1cc(C2=CCCC2)ccc1F.Cc1ccc(F)cc1CCc1ncc(Cl)cc1C. The summed E-state index contributed by atoms with van der Waals surface area (Å²) in [5, 5.41) is 0.651. The number of aryl methyl sites for hydroxylation is 4. The van der Waals surface area contributed by atoms with E-state index in [1.165, 1.54) is 18.1 Å². The Morgan fingerprint density at radius 2 is 1.82 bits per heavy atom. The lowest BCUT2D eigenvalue weighted by molar-refractivity contribution is 0.623. The third-order valence-electron chi connectivity index (χ3n) is 5.93. The molecule has 0 fully saturated rings. The number of hydrogen-bond donors (Lipinski definition) is 0. The fraction of sp³-hybridized carbons (Fsp3) is 0.276. The smallest absolute Gasteiger partial charge is 0.130 e. The van der Waals surface area contributed by atoms with Crippen molar-refractivity contribution in [1.82, 2.24) is 4.98 Å². The Morgan fingerprint density at radius 1 is 1.03 bits per heavy atom. The molecule has 0 N–H and O–H groups in total. The molecule has 33 heavy (non-hydrogen) atoms. The van der Waals surface area contributed by atoms with Gasteiger partial charge in [-0.3, -0.25) is 4.98 Å². The quantitative estimate of drug-likeness (QED) is 0.367. The van der Waals surface area contributed by atoms with Crippen molar-refractivity contribution in [2.45, 2.75) is 52.9 Å². The Balaban J connectivity index is 0.000000189. The van der Waals surface area contributed by atoms with Crippen molar-refractivity contribution >= 4 is 22.7 Å². The highest BCUT2D eigenvalue weighted by atomic mass is 35.5. The summed E-state index contributed by atoms with van der Waals surface area (Å²) in [7, 11) is 0. The zero-order valence-electron chi connectivity index (χ0n) is 19.5. The van der Waals surface area contributed by atoms with Gasteiger partial charge in [0.2, 0.25) is 0 Å². The van der Waals surface area contributed by atoms with Crippen LogP contribution in [0.1, 0.15) is 59.7 Å². The molecule has 0 atom stereocenters. The van der Waals surface area contributed by atoms with Crippen LogP contribution in [-0.2, 0) is 12.8 Å². The molecular weight excluding hydrogens is 436 g/mol. The number of pyridine rings is 1. The van der Waals surface area contributed by atoms with Crippen LogP contribution in [0.25, 0.3) is 11.1 Å². The maximum atomic E-state index is 13.4. The van der Waals surface area contributed by atoms with Crippen molar-refractivity contribution in [2.24, 2.45) is 0 Å². The number of benzene rings is 2. The first-order valence-corrected chi connectivity index (χ1v) is 11.6. The number of allylic oxidation sites excluding steroid dienone is 3. The molecule has 4 heteroatoms. The normalized spacial score (nSPS) is 12.7. The van der Waals surface area contributed by atoms with E-state index >= 15 is 0 Å². The van der Waals surface area contributed by atoms with Crippen molar-refractivity contribution in [3.63, 3.8) is 0 Å². The molecule has 1 aliphatic rings. The average molecular weight is 466 g/mol. The molecule has 172 valence electrons. The molecule has 0 radical (unpaired) electrons. The van der Waals surface area contributed by atoms with Gasteiger partial charge in [-0.15, -0.1) is 0 Å². The molecule has 1 heterocycles. The highest BCUT2D eigenvalue weighted by Gasteiger charge is 2.10. The Labute approximate surface area is 200 Å². The average Bonchev–Trinajstić information content (AvgIpc) is 3.31. The second kappa shape index (κ2) is 11.4. The molecule has 0 bridgehead atoms. The molecule has 0 saturated heterocycles. The van der Waals surface area contributed by atoms with E-state index in [-0.39, 0.29) is 11.6 Å². The van der Waals surface area contributed by atoms with E-state index in [0.29, 0.717) is 10.6 Å². The van der Waals surface area contributed by atoms with Crippen LogP contribution in [0.3, 0.4) is 0 Å². The number of rotatable bonds is 5. The monoisotopic (exact) mass is 465 g/mol. The summed E-state index contributed by atoms with van der Waals surface area (Å²) in [5.41, 5.74) is 8.16.